The summed E-state index contributed by atoms with van der Waals surface area (Å²) in [6.07, 6.45) is 2.09. The maximum absolute atomic E-state index is 12.0. The van der Waals surface area contributed by atoms with Crippen LogP contribution in [0.1, 0.15) is 23.0 Å². The van der Waals surface area contributed by atoms with E-state index in [4.69, 9.17) is 9.84 Å². The minimum absolute atomic E-state index is 0.00522. The van der Waals surface area contributed by atoms with Gasteiger partial charge in [-0.2, -0.15) is 0 Å². The maximum Gasteiger partial charge on any atom is 0.273 e. The predicted molar refractivity (Wildman–Crippen MR) is 66.8 cm³/mol. The van der Waals surface area contributed by atoms with Gasteiger partial charge in [0.2, 0.25) is 0 Å². The van der Waals surface area contributed by atoms with Crippen molar-refractivity contribution in [1.29, 1.82) is 0 Å². The second kappa shape index (κ2) is 6.60. The Kier molecular flexibility index (Phi) is 4.83. The predicted octanol–water partition coefficient (Wildman–Crippen LogP) is -1.45. The van der Waals surface area contributed by atoms with E-state index in [9.17, 15) is 4.79 Å². The van der Waals surface area contributed by atoms with Gasteiger partial charge in [0.15, 0.2) is 5.69 Å². The van der Waals surface area contributed by atoms with E-state index in [2.05, 4.69) is 20.9 Å². The molecular formula is C11H19N5O3. The molecule has 106 valence electrons. The number of ether oxygens (including phenoxy) is 1. The van der Waals surface area contributed by atoms with Crippen molar-refractivity contribution in [2.24, 2.45) is 0 Å². The summed E-state index contributed by atoms with van der Waals surface area (Å²) in [7, 11) is 1.55. The van der Waals surface area contributed by atoms with E-state index in [1.807, 2.05) is 0 Å². The molecule has 0 bridgehead atoms. The summed E-state index contributed by atoms with van der Waals surface area (Å²) in [5, 5.41) is 22.6. The molecule has 8 heteroatoms. The van der Waals surface area contributed by atoms with Crippen LogP contribution in [0.4, 0.5) is 0 Å². The summed E-state index contributed by atoms with van der Waals surface area (Å²) < 4.78 is 6.69. The molecule has 2 rings (SSSR count). The zero-order valence-corrected chi connectivity index (χ0v) is 10.9. The number of aromatic nitrogens is 3. The molecule has 1 unspecified atom stereocenters. The number of methoxy groups -OCH3 is 1. The van der Waals surface area contributed by atoms with Gasteiger partial charge in [-0.15, -0.1) is 5.10 Å². The molecule has 2 heterocycles. The van der Waals surface area contributed by atoms with Gasteiger partial charge in [0, 0.05) is 26.8 Å². The fourth-order valence-electron chi connectivity index (χ4n) is 1.83. The normalized spacial score (nSPS) is 16.9. The van der Waals surface area contributed by atoms with Gasteiger partial charge in [-0.25, -0.2) is 4.68 Å². The Morgan fingerprint density at radius 1 is 1.74 bits per heavy atom. The van der Waals surface area contributed by atoms with Crippen molar-refractivity contribution in [2.75, 3.05) is 33.4 Å². The molecular weight excluding hydrogens is 250 g/mol. The first-order valence-corrected chi connectivity index (χ1v) is 6.27. The summed E-state index contributed by atoms with van der Waals surface area (Å²) >= 11 is 0. The van der Waals surface area contributed by atoms with Crippen molar-refractivity contribution in [1.82, 2.24) is 25.6 Å². The van der Waals surface area contributed by atoms with Crippen LogP contribution in [0.5, 0.6) is 0 Å². The largest absolute Gasteiger partial charge is 0.396 e. The van der Waals surface area contributed by atoms with Crippen LogP contribution in [-0.2, 0) is 4.74 Å². The number of amides is 1. The molecule has 19 heavy (non-hydrogen) atoms. The Morgan fingerprint density at radius 3 is 3.11 bits per heavy atom. The molecule has 1 amide bonds. The van der Waals surface area contributed by atoms with Crippen LogP contribution in [0.2, 0.25) is 0 Å². The molecule has 0 aliphatic carbocycles. The fraction of sp³-hybridized carbons (Fsp3) is 0.727. The molecule has 1 saturated heterocycles. The highest BCUT2D eigenvalue weighted by atomic mass is 16.5. The van der Waals surface area contributed by atoms with E-state index in [1.54, 1.807) is 18.0 Å². The number of aliphatic hydroxyl groups excluding tert-OH is 1. The highest BCUT2D eigenvalue weighted by Gasteiger charge is 2.22. The van der Waals surface area contributed by atoms with E-state index in [-0.39, 0.29) is 30.3 Å². The summed E-state index contributed by atoms with van der Waals surface area (Å²) in [6, 6.07) is 0.0549. The minimum Gasteiger partial charge on any atom is -0.396 e. The van der Waals surface area contributed by atoms with E-state index >= 15 is 0 Å². The maximum atomic E-state index is 12.0. The highest BCUT2D eigenvalue weighted by molar-refractivity contribution is 5.92. The van der Waals surface area contributed by atoms with Crippen LogP contribution >= 0.6 is 0 Å². The van der Waals surface area contributed by atoms with Crippen LogP contribution in [0.3, 0.4) is 0 Å². The molecule has 0 aromatic carbocycles. The first-order chi connectivity index (χ1) is 9.24. The lowest BCUT2D eigenvalue weighted by Gasteiger charge is -2.26. The summed E-state index contributed by atoms with van der Waals surface area (Å²) in [5.41, 5.74) is 0.283. The molecule has 1 aliphatic rings. The summed E-state index contributed by atoms with van der Waals surface area (Å²) in [5.74, 6) is -0.297. The number of carbonyl (C=O) groups excluding carboxylic acids is 1. The zero-order valence-electron chi connectivity index (χ0n) is 10.9. The van der Waals surface area contributed by atoms with Gasteiger partial charge in [-0.3, -0.25) is 4.79 Å². The second-order valence-electron chi connectivity index (χ2n) is 4.53. The topological polar surface area (TPSA) is 101 Å². The SMILES string of the molecule is COCC(CCO)NC(=O)c1cn(C2CNC2)nn1. The van der Waals surface area contributed by atoms with Crippen LogP contribution in [-0.4, -0.2) is 65.5 Å². The Labute approximate surface area is 111 Å². The number of nitrogens with zero attached hydrogens (tertiary/aromatic N) is 3. The Bertz CT molecular complexity index is 412. The first kappa shape index (κ1) is 13.9. The second-order valence-corrected chi connectivity index (χ2v) is 4.53. The monoisotopic (exact) mass is 269 g/mol. The molecule has 1 aromatic rings. The fourth-order valence-corrected chi connectivity index (χ4v) is 1.83. The van der Waals surface area contributed by atoms with E-state index in [1.165, 1.54) is 0 Å². The summed E-state index contributed by atoms with van der Waals surface area (Å²) in [4.78, 5) is 12.0. The van der Waals surface area contributed by atoms with Gasteiger partial charge in [0.05, 0.1) is 24.9 Å². The lowest BCUT2D eigenvalue weighted by atomic mass is 10.2. The first-order valence-electron chi connectivity index (χ1n) is 6.27. The van der Waals surface area contributed by atoms with Crippen molar-refractivity contribution in [3.63, 3.8) is 0 Å². The lowest BCUT2D eigenvalue weighted by Crippen LogP contribution is -2.43. The zero-order chi connectivity index (χ0) is 13.7. The van der Waals surface area contributed by atoms with Gasteiger partial charge in [-0.05, 0) is 6.42 Å². The standard InChI is InChI=1S/C11H19N5O3/c1-19-7-8(2-3-17)13-11(18)10-6-16(15-14-10)9-4-12-5-9/h6,8-9,12,17H,2-5,7H2,1H3,(H,13,18). The Balaban J connectivity index is 1.92. The molecule has 8 nitrogen and oxygen atoms in total. The number of carbonyl (C=O) groups is 1. The van der Waals surface area contributed by atoms with Gasteiger partial charge >= 0.3 is 0 Å². The van der Waals surface area contributed by atoms with Gasteiger partial charge in [0.1, 0.15) is 0 Å². The van der Waals surface area contributed by atoms with Crippen LogP contribution < -0.4 is 10.6 Å². The van der Waals surface area contributed by atoms with E-state index < -0.39 is 0 Å². The quantitative estimate of drug-likeness (QED) is 0.560. The van der Waals surface area contributed by atoms with Gasteiger partial charge < -0.3 is 20.5 Å². The van der Waals surface area contributed by atoms with Crippen molar-refractivity contribution in [3.05, 3.63) is 11.9 Å². The lowest BCUT2D eigenvalue weighted by molar-refractivity contribution is 0.0873. The Morgan fingerprint density at radius 2 is 2.53 bits per heavy atom. The van der Waals surface area contributed by atoms with Gasteiger partial charge in [-0.1, -0.05) is 5.21 Å². The molecule has 0 spiro atoms. The van der Waals surface area contributed by atoms with Crippen molar-refractivity contribution < 1.29 is 14.6 Å². The molecule has 3 N–H and O–H groups in total. The van der Waals surface area contributed by atoms with Crippen LogP contribution in [0.25, 0.3) is 0 Å². The highest BCUT2D eigenvalue weighted by Crippen LogP contribution is 2.09. The van der Waals surface area contributed by atoms with Crippen LogP contribution in [0.15, 0.2) is 6.20 Å². The van der Waals surface area contributed by atoms with Crippen molar-refractivity contribution in [2.45, 2.75) is 18.5 Å². The molecule has 1 aromatic heterocycles. The van der Waals surface area contributed by atoms with E-state index in [0.29, 0.717) is 13.0 Å². The Hall–Kier alpha value is -1.51. The third-order valence-electron chi connectivity index (χ3n) is 3.06. The number of nitrogens with one attached hydrogen (secondary N) is 2. The summed E-state index contributed by atoms with van der Waals surface area (Å²) in [6.45, 7) is 2.05. The number of aliphatic hydroxyl groups is 1. The molecule has 1 fully saturated rings. The van der Waals surface area contributed by atoms with Gasteiger partial charge in [0.25, 0.3) is 5.91 Å². The molecule has 0 saturated carbocycles. The minimum atomic E-state index is -0.297. The smallest absolute Gasteiger partial charge is 0.273 e. The van der Waals surface area contributed by atoms with Crippen molar-refractivity contribution >= 4 is 5.91 Å². The third kappa shape index (κ3) is 3.49. The average molecular weight is 269 g/mol. The van der Waals surface area contributed by atoms with E-state index in [0.717, 1.165) is 13.1 Å². The molecule has 0 radical (unpaired) electrons. The number of hydrogen-bond acceptors (Lipinski definition) is 6. The van der Waals surface area contributed by atoms with Crippen LogP contribution in [0, 0.1) is 0 Å². The third-order valence-corrected chi connectivity index (χ3v) is 3.06. The van der Waals surface area contributed by atoms with Crippen molar-refractivity contribution in [3.8, 4) is 0 Å². The number of hydrogen-bond donors (Lipinski definition) is 3. The number of rotatable bonds is 7. The average Bonchev–Trinajstić information content (AvgIpc) is 2.76. The molecule has 1 atom stereocenters. The molecule has 1 aliphatic heterocycles.